The zero-order valence-electron chi connectivity index (χ0n) is 13.1. The molecule has 0 atom stereocenters. The molecule has 0 unspecified atom stereocenters. The summed E-state index contributed by atoms with van der Waals surface area (Å²) in [6.45, 7) is -0.222. The van der Waals surface area contributed by atoms with Crippen molar-refractivity contribution in [2.75, 3.05) is 5.32 Å². The summed E-state index contributed by atoms with van der Waals surface area (Å²) in [5.41, 5.74) is 0. The van der Waals surface area contributed by atoms with E-state index in [1.165, 1.54) is 4.68 Å². The molecular formula is C17H19N3O3S. The maximum atomic E-state index is 12.9. The molecule has 0 spiro atoms. The van der Waals surface area contributed by atoms with Crippen molar-refractivity contribution in [2.45, 2.75) is 41.9 Å². The highest BCUT2D eigenvalue weighted by Crippen LogP contribution is 2.45. The number of aliphatic carboxylic acids is 1. The van der Waals surface area contributed by atoms with Crippen LogP contribution in [0.1, 0.15) is 25.7 Å². The maximum Gasteiger partial charge on any atom is 0.325 e. The van der Waals surface area contributed by atoms with Crippen molar-refractivity contribution in [1.29, 1.82) is 0 Å². The van der Waals surface area contributed by atoms with Crippen LogP contribution in [-0.4, -0.2) is 31.5 Å². The minimum absolute atomic E-state index is 0.0607. The molecule has 0 radical (unpaired) electrons. The lowest BCUT2D eigenvalue weighted by Crippen LogP contribution is -2.37. The van der Waals surface area contributed by atoms with Gasteiger partial charge in [-0.05, 0) is 25.0 Å². The normalized spacial score (nSPS) is 16.0. The molecule has 1 aromatic heterocycles. The highest BCUT2D eigenvalue weighted by atomic mass is 32.2. The van der Waals surface area contributed by atoms with Gasteiger partial charge < -0.3 is 10.4 Å². The number of amides is 1. The number of carboxylic acid groups (broad SMARTS) is 1. The summed E-state index contributed by atoms with van der Waals surface area (Å²) in [5.74, 6) is -0.640. The zero-order valence-corrected chi connectivity index (χ0v) is 14.0. The Hall–Kier alpha value is -2.28. The summed E-state index contributed by atoms with van der Waals surface area (Å²) in [5, 5.41) is 15.7. The van der Waals surface area contributed by atoms with Crippen LogP contribution in [0.3, 0.4) is 0 Å². The Morgan fingerprint density at radius 2 is 1.92 bits per heavy atom. The van der Waals surface area contributed by atoms with E-state index in [9.17, 15) is 9.59 Å². The molecule has 2 N–H and O–H groups in total. The first kappa shape index (κ1) is 16.6. The molecule has 24 heavy (non-hydrogen) atoms. The average Bonchev–Trinajstić information content (AvgIpc) is 3.18. The second-order valence-electron chi connectivity index (χ2n) is 5.86. The van der Waals surface area contributed by atoms with Crippen LogP contribution in [0, 0.1) is 0 Å². The first-order chi connectivity index (χ1) is 11.6. The Morgan fingerprint density at radius 1 is 1.21 bits per heavy atom. The smallest absolute Gasteiger partial charge is 0.325 e. The number of carbonyl (C=O) groups is 2. The van der Waals surface area contributed by atoms with Gasteiger partial charge in [-0.25, -0.2) is 0 Å². The lowest BCUT2D eigenvalue weighted by molar-refractivity contribution is -0.137. The standard InChI is InChI=1S/C17H19N3O3S/c21-15(22)12-20-11-8-14(19-20)18-16(23)17(9-4-5-10-17)24-13-6-2-1-3-7-13/h1-3,6-8,11H,4-5,9-10,12H2,(H,21,22)(H,18,19,23). The lowest BCUT2D eigenvalue weighted by atomic mass is 10.1. The van der Waals surface area contributed by atoms with Crippen LogP contribution in [0.15, 0.2) is 47.5 Å². The maximum absolute atomic E-state index is 12.9. The number of aromatic nitrogens is 2. The van der Waals surface area contributed by atoms with E-state index in [2.05, 4.69) is 10.4 Å². The highest BCUT2D eigenvalue weighted by molar-refractivity contribution is 8.01. The van der Waals surface area contributed by atoms with E-state index < -0.39 is 10.7 Å². The van der Waals surface area contributed by atoms with Crippen LogP contribution in [0.2, 0.25) is 0 Å². The number of nitrogens with zero attached hydrogens (tertiary/aromatic N) is 2. The second kappa shape index (κ2) is 7.09. The molecule has 1 amide bonds. The number of rotatable bonds is 6. The Labute approximate surface area is 144 Å². The van der Waals surface area contributed by atoms with Gasteiger partial charge >= 0.3 is 5.97 Å². The van der Waals surface area contributed by atoms with Gasteiger partial charge in [0.2, 0.25) is 5.91 Å². The molecule has 6 nitrogen and oxygen atoms in total. The van der Waals surface area contributed by atoms with Crippen molar-refractivity contribution in [3.8, 4) is 0 Å². The van der Waals surface area contributed by atoms with Gasteiger partial charge in [0.05, 0.1) is 4.75 Å². The van der Waals surface area contributed by atoms with Gasteiger partial charge in [0.15, 0.2) is 5.82 Å². The number of hydrogen-bond donors (Lipinski definition) is 2. The first-order valence-electron chi connectivity index (χ1n) is 7.88. The fourth-order valence-corrected chi connectivity index (χ4v) is 4.30. The summed E-state index contributed by atoms with van der Waals surface area (Å²) in [4.78, 5) is 24.7. The summed E-state index contributed by atoms with van der Waals surface area (Å²) in [6, 6.07) is 11.5. The highest BCUT2D eigenvalue weighted by Gasteiger charge is 2.42. The monoisotopic (exact) mass is 345 g/mol. The van der Waals surface area contributed by atoms with E-state index >= 15 is 0 Å². The van der Waals surface area contributed by atoms with Crippen molar-refractivity contribution >= 4 is 29.5 Å². The fourth-order valence-electron chi connectivity index (χ4n) is 2.92. The zero-order chi connectivity index (χ0) is 17.0. The summed E-state index contributed by atoms with van der Waals surface area (Å²) >= 11 is 1.60. The molecule has 1 aromatic carbocycles. The molecule has 7 heteroatoms. The van der Waals surface area contributed by atoms with Gasteiger partial charge in [0.25, 0.3) is 0 Å². The number of anilines is 1. The molecule has 3 rings (SSSR count). The van der Waals surface area contributed by atoms with E-state index in [4.69, 9.17) is 5.11 Å². The summed E-state index contributed by atoms with van der Waals surface area (Å²) < 4.78 is 0.807. The Kier molecular flexibility index (Phi) is 4.89. The molecular weight excluding hydrogens is 326 g/mol. The van der Waals surface area contributed by atoms with E-state index in [1.54, 1.807) is 24.0 Å². The van der Waals surface area contributed by atoms with Crippen LogP contribution in [0.4, 0.5) is 5.82 Å². The number of benzene rings is 1. The van der Waals surface area contributed by atoms with Crippen LogP contribution in [0.25, 0.3) is 0 Å². The van der Waals surface area contributed by atoms with E-state index in [0.29, 0.717) is 5.82 Å². The van der Waals surface area contributed by atoms with Crippen LogP contribution < -0.4 is 5.32 Å². The molecule has 2 aromatic rings. The van der Waals surface area contributed by atoms with E-state index in [0.717, 1.165) is 30.6 Å². The Morgan fingerprint density at radius 3 is 2.58 bits per heavy atom. The minimum Gasteiger partial charge on any atom is -0.480 e. The molecule has 1 saturated carbocycles. The summed E-state index contributed by atoms with van der Waals surface area (Å²) in [7, 11) is 0. The quantitative estimate of drug-likeness (QED) is 0.841. The lowest BCUT2D eigenvalue weighted by Gasteiger charge is -2.26. The SMILES string of the molecule is O=C(O)Cn1ccc(NC(=O)C2(Sc3ccccc3)CCCC2)n1. The molecule has 126 valence electrons. The van der Waals surface area contributed by atoms with Crippen molar-refractivity contribution in [3.63, 3.8) is 0 Å². The number of nitrogens with one attached hydrogen (secondary N) is 1. The second-order valence-corrected chi connectivity index (χ2v) is 7.32. The van der Waals surface area contributed by atoms with Crippen molar-refractivity contribution in [1.82, 2.24) is 9.78 Å². The number of carbonyl (C=O) groups excluding carboxylic acids is 1. The van der Waals surface area contributed by atoms with Crippen LogP contribution >= 0.6 is 11.8 Å². The third-order valence-corrected chi connectivity index (χ3v) is 5.55. The summed E-state index contributed by atoms with van der Waals surface area (Å²) in [6.07, 6.45) is 5.26. The van der Waals surface area contributed by atoms with Crippen molar-refractivity contribution < 1.29 is 14.7 Å². The third kappa shape index (κ3) is 3.79. The Bertz CT molecular complexity index is 724. The largest absolute Gasteiger partial charge is 0.480 e. The van der Waals surface area contributed by atoms with Gasteiger partial charge in [-0.1, -0.05) is 31.0 Å². The number of carboxylic acids is 1. The first-order valence-corrected chi connectivity index (χ1v) is 8.70. The molecule has 0 bridgehead atoms. The van der Waals surface area contributed by atoms with Crippen molar-refractivity contribution in [2.24, 2.45) is 0 Å². The predicted molar refractivity (Wildman–Crippen MR) is 92.0 cm³/mol. The van der Waals surface area contributed by atoms with Gasteiger partial charge in [-0.3, -0.25) is 14.3 Å². The average molecular weight is 345 g/mol. The third-order valence-electron chi connectivity index (χ3n) is 4.06. The fraction of sp³-hybridized carbons (Fsp3) is 0.353. The predicted octanol–water partition coefficient (Wildman–Crippen LogP) is 3.01. The molecule has 0 aliphatic heterocycles. The molecule has 1 heterocycles. The molecule has 1 aliphatic carbocycles. The van der Waals surface area contributed by atoms with E-state index in [1.807, 2.05) is 30.3 Å². The van der Waals surface area contributed by atoms with Crippen LogP contribution in [0.5, 0.6) is 0 Å². The van der Waals surface area contributed by atoms with Gasteiger partial charge in [-0.15, -0.1) is 11.8 Å². The number of hydrogen-bond acceptors (Lipinski definition) is 4. The van der Waals surface area contributed by atoms with E-state index in [-0.39, 0.29) is 12.5 Å². The number of thioether (sulfide) groups is 1. The van der Waals surface area contributed by atoms with Crippen LogP contribution in [-0.2, 0) is 16.1 Å². The molecule has 1 fully saturated rings. The minimum atomic E-state index is -0.970. The van der Waals surface area contributed by atoms with Crippen molar-refractivity contribution in [3.05, 3.63) is 42.6 Å². The van der Waals surface area contributed by atoms with Gasteiger partial charge in [-0.2, -0.15) is 5.10 Å². The molecule has 0 saturated heterocycles. The van der Waals surface area contributed by atoms with Gasteiger partial charge in [0, 0.05) is 17.2 Å². The topological polar surface area (TPSA) is 84.2 Å². The Balaban J connectivity index is 1.73. The van der Waals surface area contributed by atoms with Gasteiger partial charge in [0.1, 0.15) is 6.54 Å². The molecule has 1 aliphatic rings.